The van der Waals surface area contributed by atoms with Crippen molar-refractivity contribution < 1.29 is 4.79 Å². The van der Waals surface area contributed by atoms with E-state index in [9.17, 15) is 4.79 Å². The number of imidazole rings is 1. The van der Waals surface area contributed by atoms with Crippen molar-refractivity contribution in [2.75, 3.05) is 0 Å². The van der Waals surface area contributed by atoms with Gasteiger partial charge in [-0.25, -0.2) is 4.98 Å². The molecule has 0 saturated carbocycles. The van der Waals surface area contributed by atoms with Crippen LogP contribution in [0.1, 0.15) is 23.4 Å². The topological polar surface area (TPSA) is 38.1 Å². The van der Waals surface area contributed by atoms with Gasteiger partial charge in [-0.1, -0.05) is 60.7 Å². The summed E-state index contributed by atoms with van der Waals surface area (Å²) < 4.78 is 2.12. The minimum Gasteiger partial charge on any atom is -0.334 e. The molecule has 0 aliphatic carbocycles. The number of aryl methyl sites for hydroxylation is 1. The van der Waals surface area contributed by atoms with Gasteiger partial charge in [0.1, 0.15) is 5.82 Å². The van der Waals surface area contributed by atoms with E-state index >= 15 is 0 Å². The molecule has 2 aromatic carbocycles. The largest absolute Gasteiger partial charge is 0.334 e. The summed E-state index contributed by atoms with van der Waals surface area (Å²) >= 11 is 0. The van der Waals surface area contributed by atoms with Crippen LogP contribution in [-0.2, 0) is 30.8 Å². The molecule has 4 nitrogen and oxygen atoms in total. The molecular weight excluding hydrogens is 322 g/mol. The molecule has 1 unspecified atom stereocenters. The molecule has 0 saturated heterocycles. The minimum atomic E-state index is 0.0177. The Morgan fingerprint density at radius 2 is 1.62 bits per heavy atom. The number of amides is 1. The van der Waals surface area contributed by atoms with Crippen LogP contribution in [0.15, 0.2) is 73.1 Å². The zero-order chi connectivity index (χ0) is 17.8. The summed E-state index contributed by atoms with van der Waals surface area (Å²) in [6.45, 7) is 2.01. The van der Waals surface area contributed by atoms with Crippen LogP contribution in [0.5, 0.6) is 0 Å². The third-order valence-corrected chi connectivity index (χ3v) is 5.03. The molecule has 1 aliphatic rings. The Hall–Kier alpha value is -2.88. The van der Waals surface area contributed by atoms with Gasteiger partial charge in [0.15, 0.2) is 0 Å². The Kier molecular flexibility index (Phi) is 4.82. The highest BCUT2D eigenvalue weighted by Gasteiger charge is 2.28. The first-order valence-electron chi connectivity index (χ1n) is 9.16. The fourth-order valence-electron chi connectivity index (χ4n) is 3.65. The molecule has 0 fully saturated rings. The second-order valence-corrected chi connectivity index (χ2v) is 6.90. The van der Waals surface area contributed by atoms with Crippen molar-refractivity contribution in [2.24, 2.45) is 5.92 Å². The lowest BCUT2D eigenvalue weighted by Gasteiger charge is -2.30. The molecule has 0 radical (unpaired) electrons. The monoisotopic (exact) mass is 345 g/mol. The van der Waals surface area contributed by atoms with Crippen molar-refractivity contribution in [1.29, 1.82) is 0 Å². The second-order valence-electron chi connectivity index (χ2n) is 6.90. The standard InChI is InChI=1S/C22H23N3O/c26-22(20-11-12-21-23-13-14-24(21)17-20)25(15-18-7-3-1-4-8-18)16-19-9-5-2-6-10-19/h1-10,13-14,20H,11-12,15-17H2. The molecule has 0 bridgehead atoms. The first-order valence-corrected chi connectivity index (χ1v) is 9.16. The zero-order valence-electron chi connectivity index (χ0n) is 14.8. The highest BCUT2D eigenvalue weighted by Crippen LogP contribution is 2.23. The van der Waals surface area contributed by atoms with Crippen molar-refractivity contribution in [3.8, 4) is 0 Å². The Morgan fingerprint density at radius 3 is 2.23 bits per heavy atom. The lowest BCUT2D eigenvalue weighted by atomic mass is 9.97. The fourth-order valence-corrected chi connectivity index (χ4v) is 3.65. The SMILES string of the molecule is O=C(C1CCc2nccn2C1)N(Cc1ccccc1)Cc1ccccc1. The van der Waals surface area contributed by atoms with Gasteiger partial charge in [-0.2, -0.15) is 0 Å². The first kappa shape index (κ1) is 16.6. The summed E-state index contributed by atoms with van der Waals surface area (Å²) in [6.07, 6.45) is 5.55. The molecule has 4 heteroatoms. The van der Waals surface area contributed by atoms with Crippen LogP contribution in [0.4, 0.5) is 0 Å². The van der Waals surface area contributed by atoms with Crippen molar-refractivity contribution in [2.45, 2.75) is 32.5 Å². The molecule has 26 heavy (non-hydrogen) atoms. The van der Waals surface area contributed by atoms with E-state index in [0.717, 1.165) is 36.3 Å². The number of nitrogens with zero attached hydrogens (tertiary/aromatic N) is 3. The molecule has 1 atom stereocenters. The van der Waals surface area contributed by atoms with E-state index in [1.165, 1.54) is 0 Å². The number of hydrogen-bond acceptors (Lipinski definition) is 2. The molecule has 3 aromatic rings. The number of hydrogen-bond donors (Lipinski definition) is 0. The van der Waals surface area contributed by atoms with E-state index in [-0.39, 0.29) is 11.8 Å². The van der Waals surface area contributed by atoms with Gasteiger partial charge in [0.05, 0.1) is 5.92 Å². The summed E-state index contributed by atoms with van der Waals surface area (Å²) in [7, 11) is 0. The van der Waals surface area contributed by atoms with Gasteiger partial charge in [-0.3, -0.25) is 4.79 Å². The average molecular weight is 345 g/mol. The quantitative estimate of drug-likeness (QED) is 0.707. The van der Waals surface area contributed by atoms with Gasteiger partial charge in [-0.15, -0.1) is 0 Å². The number of aromatic nitrogens is 2. The molecule has 2 heterocycles. The van der Waals surface area contributed by atoms with E-state index < -0.39 is 0 Å². The maximum absolute atomic E-state index is 13.3. The van der Waals surface area contributed by atoms with E-state index in [4.69, 9.17) is 0 Å². The summed E-state index contributed by atoms with van der Waals surface area (Å²) in [4.78, 5) is 19.7. The summed E-state index contributed by atoms with van der Waals surface area (Å²) in [5.41, 5.74) is 2.33. The molecule has 0 spiro atoms. The molecular formula is C22H23N3O. The Balaban J connectivity index is 1.54. The van der Waals surface area contributed by atoms with Gasteiger partial charge >= 0.3 is 0 Å². The molecule has 132 valence electrons. The number of carbonyl (C=O) groups excluding carboxylic acids is 1. The van der Waals surface area contributed by atoms with Crippen LogP contribution in [0, 0.1) is 5.92 Å². The first-order chi connectivity index (χ1) is 12.8. The third kappa shape index (κ3) is 3.69. The number of carbonyl (C=O) groups is 1. The minimum absolute atomic E-state index is 0.0177. The van der Waals surface area contributed by atoms with Crippen molar-refractivity contribution >= 4 is 5.91 Å². The lowest BCUT2D eigenvalue weighted by molar-refractivity contribution is -0.137. The molecule has 1 aromatic heterocycles. The highest BCUT2D eigenvalue weighted by molar-refractivity contribution is 5.79. The summed E-state index contributed by atoms with van der Waals surface area (Å²) in [5, 5.41) is 0. The molecule has 1 amide bonds. The van der Waals surface area contributed by atoms with E-state index in [0.29, 0.717) is 13.1 Å². The Labute approximate surface area is 154 Å². The molecule has 4 rings (SSSR count). The van der Waals surface area contributed by atoms with E-state index in [1.807, 2.05) is 53.7 Å². The van der Waals surface area contributed by atoms with E-state index in [2.05, 4.69) is 33.8 Å². The predicted molar refractivity (Wildman–Crippen MR) is 101 cm³/mol. The second kappa shape index (κ2) is 7.56. The van der Waals surface area contributed by atoms with Gasteiger partial charge < -0.3 is 9.47 Å². The predicted octanol–water partition coefficient (Wildman–Crippen LogP) is 3.67. The Bertz CT molecular complexity index is 816. The van der Waals surface area contributed by atoms with Crippen LogP contribution in [0.25, 0.3) is 0 Å². The molecule has 1 aliphatic heterocycles. The van der Waals surface area contributed by atoms with Gasteiger partial charge in [0.25, 0.3) is 0 Å². The van der Waals surface area contributed by atoms with Crippen LogP contribution < -0.4 is 0 Å². The number of fused-ring (bicyclic) bond motifs is 1. The average Bonchev–Trinajstić information content (AvgIpc) is 3.16. The lowest BCUT2D eigenvalue weighted by Crippen LogP contribution is -2.39. The number of benzene rings is 2. The van der Waals surface area contributed by atoms with E-state index in [1.54, 1.807) is 0 Å². The maximum Gasteiger partial charge on any atom is 0.228 e. The van der Waals surface area contributed by atoms with Crippen LogP contribution in [-0.4, -0.2) is 20.4 Å². The zero-order valence-corrected chi connectivity index (χ0v) is 14.8. The van der Waals surface area contributed by atoms with Crippen LogP contribution in [0.3, 0.4) is 0 Å². The van der Waals surface area contributed by atoms with Gasteiger partial charge in [0, 0.05) is 38.4 Å². The maximum atomic E-state index is 13.3. The van der Waals surface area contributed by atoms with Crippen molar-refractivity contribution in [3.05, 3.63) is 90.0 Å². The third-order valence-electron chi connectivity index (χ3n) is 5.03. The summed E-state index contributed by atoms with van der Waals surface area (Å²) in [5.74, 6) is 1.34. The Morgan fingerprint density at radius 1 is 1.00 bits per heavy atom. The van der Waals surface area contributed by atoms with Gasteiger partial charge in [-0.05, 0) is 17.5 Å². The van der Waals surface area contributed by atoms with Gasteiger partial charge in [0.2, 0.25) is 5.91 Å². The smallest absolute Gasteiger partial charge is 0.228 e. The highest BCUT2D eigenvalue weighted by atomic mass is 16.2. The summed E-state index contributed by atoms with van der Waals surface area (Å²) in [6, 6.07) is 20.5. The van der Waals surface area contributed by atoms with Crippen LogP contribution in [0.2, 0.25) is 0 Å². The van der Waals surface area contributed by atoms with Crippen molar-refractivity contribution in [3.63, 3.8) is 0 Å². The number of rotatable bonds is 5. The normalized spacial score (nSPS) is 16.1. The van der Waals surface area contributed by atoms with Crippen molar-refractivity contribution in [1.82, 2.24) is 14.5 Å². The van der Waals surface area contributed by atoms with Crippen LogP contribution >= 0.6 is 0 Å². The molecule has 0 N–H and O–H groups in total. The fraction of sp³-hybridized carbons (Fsp3) is 0.273.